The molecular formula is C21H25N5O3S. The molecule has 2 aromatic rings. The molecule has 2 aliphatic rings. The van der Waals surface area contributed by atoms with E-state index in [-0.39, 0.29) is 37.1 Å². The highest BCUT2D eigenvalue weighted by atomic mass is 32.1. The molecule has 1 fully saturated rings. The highest BCUT2D eigenvalue weighted by Crippen LogP contribution is 2.29. The number of fused-ring (bicyclic) bond motifs is 1. The molecule has 4 rings (SSSR count). The molecule has 3 amide bonds. The first kappa shape index (κ1) is 20.3. The fourth-order valence-corrected chi connectivity index (χ4v) is 4.66. The van der Waals surface area contributed by atoms with E-state index in [4.69, 9.17) is 0 Å². The van der Waals surface area contributed by atoms with Crippen LogP contribution in [0, 0.1) is 6.92 Å². The van der Waals surface area contributed by atoms with Crippen LogP contribution in [0.5, 0.6) is 0 Å². The van der Waals surface area contributed by atoms with Crippen molar-refractivity contribution in [2.45, 2.75) is 26.2 Å². The Hall–Kier alpha value is -2.94. The Morgan fingerprint density at radius 3 is 2.70 bits per heavy atom. The number of hydrogen-bond donors (Lipinski definition) is 1. The van der Waals surface area contributed by atoms with Gasteiger partial charge in [0.15, 0.2) is 5.13 Å². The molecule has 158 valence electrons. The van der Waals surface area contributed by atoms with Gasteiger partial charge in [0.1, 0.15) is 6.54 Å². The standard InChI is InChI=1S/C21H25N5O3S/c1-15-14-30-21(22-15)25-10-4-9-24(11-12-25)19(28)7-8-20(29)26-13-18(27)23-16-5-2-3-6-17(16)26/h2-3,5-6,14H,4,7-13H2,1H3,(H,23,27). The predicted molar refractivity (Wildman–Crippen MR) is 117 cm³/mol. The summed E-state index contributed by atoms with van der Waals surface area (Å²) in [5, 5.41) is 5.81. The molecule has 1 aromatic heterocycles. The van der Waals surface area contributed by atoms with Crippen molar-refractivity contribution in [2.75, 3.05) is 47.8 Å². The summed E-state index contributed by atoms with van der Waals surface area (Å²) in [5.41, 5.74) is 2.32. The number of rotatable bonds is 4. The fraction of sp³-hybridized carbons (Fsp3) is 0.429. The molecule has 1 saturated heterocycles. The van der Waals surface area contributed by atoms with E-state index in [2.05, 4.69) is 15.2 Å². The molecule has 0 aliphatic carbocycles. The van der Waals surface area contributed by atoms with Crippen molar-refractivity contribution in [3.8, 4) is 0 Å². The van der Waals surface area contributed by atoms with Gasteiger partial charge in [0.25, 0.3) is 0 Å². The van der Waals surface area contributed by atoms with E-state index in [1.54, 1.807) is 23.5 Å². The number of nitrogens with zero attached hydrogens (tertiary/aromatic N) is 4. The van der Waals surface area contributed by atoms with Gasteiger partial charge < -0.3 is 20.0 Å². The van der Waals surface area contributed by atoms with E-state index in [0.717, 1.165) is 30.3 Å². The first-order valence-corrected chi connectivity index (χ1v) is 11.0. The molecule has 3 heterocycles. The molecule has 30 heavy (non-hydrogen) atoms. The lowest BCUT2D eigenvalue weighted by molar-refractivity contribution is -0.133. The summed E-state index contributed by atoms with van der Waals surface area (Å²) in [6, 6.07) is 7.21. The summed E-state index contributed by atoms with van der Waals surface area (Å²) >= 11 is 1.63. The molecule has 0 bridgehead atoms. The summed E-state index contributed by atoms with van der Waals surface area (Å²) in [4.78, 5) is 47.5. The summed E-state index contributed by atoms with van der Waals surface area (Å²) < 4.78 is 0. The Labute approximate surface area is 179 Å². The zero-order valence-electron chi connectivity index (χ0n) is 17.0. The third kappa shape index (κ3) is 4.46. The van der Waals surface area contributed by atoms with Crippen molar-refractivity contribution in [3.63, 3.8) is 0 Å². The molecule has 1 aromatic carbocycles. The van der Waals surface area contributed by atoms with Crippen molar-refractivity contribution in [3.05, 3.63) is 35.3 Å². The number of para-hydroxylation sites is 2. The molecule has 0 radical (unpaired) electrons. The quantitative estimate of drug-likeness (QED) is 0.809. The normalized spacial score (nSPS) is 16.7. The highest BCUT2D eigenvalue weighted by Gasteiger charge is 2.27. The average molecular weight is 428 g/mol. The molecule has 1 N–H and O–H groups in total. The number of carbonyl (C=O) groups excluding carboxylic acids is 3. The lowest BCUT2D eigenvalue weighted by atomic mass is 10.1. The third-order valence-electron chi connectivity index (χ3n) is 5.35. The van der Waals surface area contributed by atoms with Crippen LogP contribution in [0.15, 0.2) is 29.6 Å². The summed E-state index contributed by atoms with van der Waals surface area (Å²) in [7, 11) is 0. The summed E-state index contributed by atoms with van der Waals surface area (Å²) in [5.74, 6) is -0.450. The number of aryl methyl sites for hydroxylation is 1. The van der Waals surface area contributed by atoms with Crippen LogP contribution in [0.25, 0.3) is 0 Å². The minimum absolute atomic E-state index is 0.0179. The Balaban J connectivity index is 1.32. The minimum Gasteiger partial charge on any atom is -0.346 e. The Morgan fingerprint density at radius 2 is 1.90 bits per heavy atom. The van der Waals surface area contributed by atoms with Crippen LogP contribution in [0.2, 0.25) is 0 Å². The van der Waals surface area contributed by atoms with Gasteiger partial charge in [-0.25, -0.2) is 4.98 Å². The molecule has 0 spiro atoms. The van der Waals surface area contributed by atoms with E-state index < -0.39 is 0 Å². The van der Waals surface area contributed by atoms with Crippen LogP contribution in [-0.4, -0.2) is 60.3 Å². The Bertz CT molecular complexity index is 960. The maximum absolute atomic E-state index is 12.8. The Kier molecular flexibility index (Phi) is 5.98. The van der Waals surface area contributed by atoms with Crippen LogP contribution < -0.4 is 15.1 Å². The van der Waals surface area contributed by atoms with E-state index in [0.29, 0.717) is 24.5 Å². The third-order valence-corrected chi connectivity index (χ3v) is 6.37. The van der Waals surface area contributed by atoms with Gasteiger partial charge in [-0.15, -0.1) is 11.3 Å². The average Bonchev–Trinajstić information content (AvgIpc) is 3.02. The van der Waals surface area contributed by atoms with Gasteiger partial charge in [0.05, 0.1) is 17.1 Å². The van der Waals surface area contributed by atoms with Gasteiger partial charge >= 0.3 is 0 Å². The fourth-order valence-electron chi connectivity index (χ4n) is 3.81. The monoisotopic (exact) mass is 427 g/mol. The second-order valence-electron chi connectivity index (χ2n) is 7.54. The maximum atomic E-state index is 12.8. The molecule has 0 atom stereocenters. The number of nitrogens with one attached hydrogen (secondary N) is 1. The molecular weight excluding hydrogens is 402 g/mol. The topological polar surface area (TPSA) is 85.9 Å². The van der Waals surface area contributed by atoms with Gasteiger partial charge in [0.2, 0.25) is 17.7 Å². The molecule has 9 heteroatoms. The van der Waals surface area contributed by atoms with Crippen molar-refractivity contribution in [1.29, 1.82) is 0 Å². The molecule has 0 unspecified atom stereocenters. The number of hydrogen-bond acceptors (Lipinski definition) is 6. The molecule has 2 aliphatic heterocycles. The van der Waals surface area contributed by atoms with Crippen LogP contribution in [0.3, 0.4) is 0 Å². The lowest BCUT2D eigenvalue weighted by Crippen LogP contribution is -2.42. The van der Waals surface area contributed by atoms with Crippen molar-refractivity contribution < 1.29 is 14.4 Å². The van der Waals surface area contributed by atoms with E-state index in [9.17, 15) is 14.4 Å². The zero-order valence-corrected chi connectivity index (χ0v) is 17.8. The van der Waals surface area contributed by atoms with Crippen LogP contribution >= 0.6 is 11.3 Å². The van der Waals surface area contributed by atoms with E-state index in [1.807, 2.05) is 29.3 Å². The molecule has 8 nitrogen and oxygen atoms in total. The van der Waals surface area contributed by atoms with Gasteiger partial charge in [-0.3, -0.25) is 14.4 Å². The number of carbonyl (C=O) groups is 3. The van der Waals surface area contributed by atoms with Crippen LogP contribution in [0.1, 0.15) is 25.0 Å². The van der Waals surface area contributed by atoms with E-state index in [1.165, 1.54) is 4.90 Å². The zero-order chi connectivity index (χ0) is 21.1. The second-order valence-corrected chi connectivity index (χ2v) is 8.37. The second kappa shape index (κ2) is 8.83. The van der Waals surface area contributed by atoms with Gasteiger partial charge in [-0.2, -0.15) is 0 Å². The molecule has 0 saturated carbocycles. The number of benzene rings is 1. The van der Waals surface area contributed by atoms with Gasteiger partial charge in [-0.1, -0.05) is 12.1 Å². The highest BCUT2D eigenvalue weighted by molar-refractivity contribution is 7.13. The van der Waals surface area contributed by atoms with Gasteiger partial charge in [0, 0.05) is 44.4 Å². The number of aromatic nitrogens is 1. The maximum Gasteiger partial charge on any atom is 0.244 e. The van der Waals surface area contributed by atoms with Crippen LogP contribution in [0.4, 0.5) is 16.5 Å². The predicted octanol–water partition coefficient (Wildman–Crippen LogP) is 2.26. The first-order valence-electron chi connectivity index (χ1n) is 10.2. The van der Waals surface area contributed by atoms with Crippen molar-refractivity contribution in [2.24, 2.45) is 0 Å². The SMILES string of the molecule is Cc1csc(N2CCCN(C(=O)CCC(=O)N3CC(=O)Nc4ccccc43)CC2)n1. The van der Waals surface area contributed by atoms with Crippen molar-refractivity contribution in [1.82, 2.24) is 9.88 Å². The van der Waals surface area contributed by atoms with Gasteiger partial charge in [-0.05, 0) is 25.5 Å². The first-order chi connectivity index (χ1) is 14.5. The largest absolute Gasteiger partial charge is 0.346 e. The number of anilines is 3. The lowest BCUT2D eigenvalue weighted by Gasteiger charge is -2.29. The Morgan fingerprint density at radius 1 is 1.10 bits per heavy atom. The van der Waals surface area contributed by atoms with Crippen LogP contribution in [-0.2, 0) is 14.4 Å². The van der Waals surface area contributed by atoms with Crippen molar-refractivity contribution >= 4 is 45.6 Å². The number of thiazole rings is 1. The summed E-state index contributed by atoms with van der Waals surface area (Å²) in [6.45, 7) is 4.88. The minimum atomic E-state index is -0.224. The smallest absolute Gasteiger partial charge is 0.244 e. The number of amides is 3. The van der Waals surface area contributed by atoms with E-state index >= 15 is 0 Å². The summed E-state index contributed by atoms with van der Waals surface area (Å²) in [6.07, 6.45) is 1.11.